The van der Waals surface area contributed by atoms with Crippen molar-refractivity contribution < 1.29 is 0 Å². The second kappa shape index (κ2) is 5.05. The lowest BCUT2D eigenvalue weighted by Gasteiger charge is -2.28. The zero-order valence-corrected chi connectivity index (χ0v) is 10.5. The summed E-state index contributed by atoms with van der Waals surface area (Å²) < 4.78 is 0. The fourth-order valence-corrected chi connectivity index (χ4v) is 3.91. The Kier molecular flexibility index (Phi) is 3.49. The van der Waals surface area contributed by atoms with E-state index in [9.17, 15) is 0 Å². The summed E-state index contributed by atoms with van der Waals surface area (Å²) in [5.41, 5.74) is 0. The fraction of sp³-hybridized carbons (Fsp3) is 1.00. The minimum absolute atomic E-state index is 1.000. The van der Waals surface area contributed by atoms with Crippen molar-refractivity contribution in [2.75, 3.05) is 39.3 Å². The molecule has 0 amide bonds. The van der Waals surface area contributed by atoms with Gasteiger partial charge in [0.2, 0.25) is 0 Å². The minimum Gasteiger partial charge on any atom is -0.303 e. The van der Waals surface area contributed by atoms with Crippen LogP contribution >= 0.6 is 0 Å². The van der Waals surface area contributed by atoms with E-state index >= 15 is 0 Å². The molecule has 16 heavy (non-hydrogen) atoms. The van der Waals surface area contributed by atoms with E-state index in [-0.39, 0.29) is 0 Å². The van der Waals surface area contributed by atoms with Gasteiger partial charge in [-0.1, -0.05) is 0 Å². The standard InChI is InChI=1S/C14H26N2/c1-3-13-5-9-15(7-1)12-14-4-2-8-16(11-13)10-6-14/h13-14H,1-12H2. The zero-order valence-electron chi connectivity index (χ0n) is 10.5. The van der Waals surface area contributed by atoms with Crippen LogP contribution in [-0.4, -0.2) is 49.1 Å². The van der Waals surface area contributed by atoms with E-state index in [1.807, 2.05) is 0 Å². The quantitative estimate of drug-likeness (QED) is 0.620. The van der Waals surface area contributed by atoms with Crippen LogP contribution in [0.2, 0.25) is 0 Å². The van der Waals surface area contributed by atoms with Gasteiger partial charge in [0.15, 0.2) is 0 Å². The summed E-state index contributed by atoms with van der Waals surface area (Å²) in [6.45, 7) is 8.34. The molecule has 3 fully saturated rings. The van der Waals surface area contributed by atoms with Gasteiger partial charge in [-0.3, -0.25) is 0 Å². The van der Waals surface area contributed by atoms with Crippen molar-refractivity contribution in [1.29, 1.82) is 0 Å². The Labute approximate surface area is 100.0 Å². The van der Waals surface area contributed by atoms with Crippen LogP contribution in [0.15, 0.2) is 0 Å². The molecule has 3 aliphatic heterocycles. The predicted molar refractivity (Wildman–Crippen MR) is 67.6 cm³/mol. The molecule has 0 N–H and O–H groups in total. The first-order valence-corrected chi connectivity index (χ1v) is 7.35. The Hall–Kier alpha value is -0.0800. The van der Waals surface area contributed by atoms with Crippen LogP contribution in [0.5, 0.6) is 0 Å². The van der Waals surface area contributed by atoms with Crippen LogP contribution < -0.4 is 0 Å². The van der Waals surface area contributed by atoms with Gasteiger partial charge in [-0.25, -0.2) is 0 Å². The van der Waals surface area contributed by atoms with Crippen LogP contribution in [0.4, 0.5) is 0 Å². The summed E-state index contributed by atoms with van der Waals surface area (Å²) in [7, 11) is 0. The topological polar surface area (TPSA) is 6.48 Å². The SMILES string of the molecule is C1CC2CCN(C1)CC1CCCN(CC1)C2. The first kappa shape index (κ1) is 11.0. The molecule has 3 heterocycles. The van der Waals surface area contributed by atoms with E-state index in [1.54, 1.807) is 0 Å². The average Bonchev–Trinajstić information content (AvgIpc) is 2.63. The van der Waals surface area contributed by atoms with Gasteiger partial charge in [-0.15, -0.1) is 0 Å². The molecule has 4 atom stereocenters. The minimum atomic E-state index is 1.000. The lowest BCUT2D eigenvalue weighted by atomic mass is 9.98. The number of fused-ring (bicyclic) bond motifs is 6. The van der Waals surface area contributed by atoms with E-state index in [0.717, 1.165) is 11.8 Å². The maximum atomic E-state index is 2.77. The molecule has 3 saturated heterocycles. The molecule has 92 valence electrons. The molecule has 0 spiro atoms. The molecule has 0 aromatic carbocycles. The van der Waals surface area contributed by atoms with Crippen molar-refractivity contribution in [2.24, 2.45) is 11.8 Å². The van der Waals surface area contributed by atoms with E-state index in [2.05, 4.69) is 9.80 Å². The fourth-order valence-electron chi connectivity index (χ4n) is 3.91. The molecular weight excluding hydrogens is 196 g/mol. The van der Waals surface area contributed by atoms with Crippen LogP contribution in [0, 0.1) is 11.8 Å². The van der Waals surface area contributed by atoms with Crippen molar-refractivity contribution in [3.63, 3.8) is 0 Å². The van der Waals surface area contributed by atoms with E-state index < -0.39 is 0 Å². The molecule has 0 radical (unpaired) electrons. The zero-order chi connectivity index (χ0) is 10.8. The van der Waals surface area contributed by atoms with Crippen LogP contribution in [0.1, 0.15) is 38.5 Å². The van der Waals surface area contributed by atoms with E-state index in [0.29, 0.717) is 0 Å². The predicted octanol–water partition coefficient (Wildman–Crippen LogP) is 2.20. The van der Waals surface area contributed by atoms with E-state index in [1.165, 1.54) is 77.8 Å². The largest absolute Gasteiger partial charge is 0.303 e. The molecule has 3 aliphatic rings. The number of rotatable bonds is 0. The van der Waals surface area contributed by atoms with Crippen LogP contribution in [0.3, 0.4) is 0 Å². The molecule has 4 unspecified atom stereocenters. The maximum absolute atomic E-state index is 2.77. The van der Waals surface area contributed by atoms with Gasteiger partial charge in [-0.05, 0) is 76.5 Å². The summed E-state index contributed by atoms with van der Waals surface area (Å²) in [5, 5.41) is 0. The Morgan fingerprint density at radius 2 is 1.06 bits per heavy atom. The third-order valence-corrected chi connectivity index (χ3v) is 4.91. The van der Waals surface area contributed by atoms with Gasteiger partial charge in [0.25, 0.3) is 0 Å². The van der Waals surface area contributed by atoms with Crippen molar-refractivity contribution in [2.45, 2.75) is 38.5 Å². The summed E-state index contributed by atoms with van der Waals surface area (Å²) in [5.74, 6) is 2.00. The lowest BCUT2D eigenvalue weighted by molar-refractivity contribution is 0.191. The molecule has 2 nitrogen and oxygen atoms in total. The van der Waals surface area contributed by atoms with Gasteiger partial charge < -0.3 is 9.80 Å². The molecule has 0 aromatic heterocycles. The van der Waals surface area contributed by atoms with Crippen molar-refractivity contribution in [1.82, 2.24) is 9.80 Å². The highest BCUT2D eigenvalue weighted by atomic mass is 15.2. The Morgan fingerprint density at radius 1 is 0.562 bits per heavy atom. The van der Waals surface area contributed by atoms with Crippen LogP contribution in [-0.2, 0) is 0 Å². The molecular formula is C14H26N2. The number of nitrogens with zero attached hydrogens (tertiary/aromatic N) is 2. The molecule has 0 aliphatic carbocycles. The van der Waals surface area contributed by atoms with Crippen LogP contribution in [0.25, 0.3) is 0 Å². The van der Waals surface area contributed by atoms with Crippen molar-refractivity contribution in [3.05, 3.63) is 0 Å². The number of hydrogen-bond donors (Lipinski definition) is 0. The monoisotopic (exact) mass is 222 g/mol. The Bertz CT molecular complexity index is 185. The average molecular weight is 222 g/mol. The Morgan fingerprint density at radius 3 is 1.56 bits per heavy atom. The van der Waals surface area contributed by atoms with Crippen molar-refractivity contribution in [3.8, 4) is 0 Å². The van der Waals surface area contributed by atoms with Gasteiger partial charge in [0.1, 0.15) is 0 Å². The smallest absolute Gasteiger partial charge is 0.00101 e. The molecule has 0 aromatic rings. The van der Waals surface area contributed by atoms with Gasteiger partial charge >= 0.3 is 0 Å². The van der Waals surface area contributed by atoms with Crippen molar-refractivity contribution >= 4 is 0 Å². The lowest BCUT2D eigenvalue weighted by Crippen LogP contribution is -2.34. The normalized spacial score (nSPS) is 45.0. The Balaban J connectivity index is 1.75. The van der Waals surface area contributed by atoms with Gasteiger partial charge in [-0.2, -0.15) is 0 Å². The summed E-state index contributed by atoms with van der Waals surface area (Å²) in [6.07, 6.45) is 8.79. The maximum Gasteiger partial charge on any atom is 0.00101 e. The summed E-state index contributed by atoms with van der Waals surface area (Å²) >= 11 is 0. The molecule has 2 heteroatoms. The molecule has 4 bridgehead atoms. The highest BCUT2D eigenvalue weighted by Gasteiger charge is 2.26. The first-order valence-electron chi connectivity index (χ1n) is 7.35. The molecule has 3 rings (SSSR count). The third kappa shape index (κ3) is 2.60. The third-order valence-electron chi connectivity index (χ3n) is 4.91. The first-order chi connectivity index (χ1) is 7.90. The van der Waals surface area contributed by atoms with E-state index in [4.69, 9.17) is 0 Å². The summed E-state index contributed by atoms with van der Waals surface area (Å²) in [6, 6.07) is 0. The molecule has 0 saturated carbocycles. The second-order valence-corrected chi connectivity index (χ2v) is 6.20. The summed E-state index contributed by atoms with van der Waals surface area (Å²) in [4.78, 5) is 5.54. The number of hydrogen-bond acceptors (Lipinski definition) is 2. The highest BCUT2D eigenvalue weighted by molar-refractivity contribution is 4.80. The second-order valence-electron chi connectivity index (χ2n) is 6.20. The van der Waals surface area contributed by atoms with Gasteiger partial charge in [0.05, 0.1) is 0 Å². The highest BCUT2D eigenvalue weighted by Crippen LogP contribution is 2.26. The van der Waals surface area contributed by atoms with Gasteiger partial charge in [0, 0.05) is 13.1 Å².